The SMILES string of the molecule is CCC1(C(F)CC2c3c(F)cccc3-c3cncn32)CC2CCCC(C2)C1. The van der Waals surface area contributed by atoms with Crippen LogP contribution in [-0.2, 0) is 0 Å². The van der Waals surface area contributed by atoms with Crippen molar-refractivity contribution in [1.82, 2.24) is 9.55 Å². The van der Waals surface area contributed by atoms with Crippen LogP contribution in [0.2, 0.25) is 0 Å². The van der Waals surface area contributed by atoms with E-state index in [1.54, 1.807) is 18.6 Å². The van der Waals surface area contributed by atoms with Gasteiger partial charge in [-0.05, 0) is 43.6 Å². The maximum absolute atomic E-state index is 16.0. The Hall–Kier alpha value is -1.71. The van der Waals surface area contributed by atoms with Crippen molar-refractivity contribution < 1.29 is 8.78 Å². The molecule has 144 valence electrons. The molecule has 2 aliphatic carbocycles. The fourth-order valence-corrected chi connectivity index (χ4v) is 6.45. The van der Waals surface area contributed by atoms with Crippen molar-refractivity contribution in [2.45, 2.75) is 70.5 Å². The Bertz CT molecular complexity index is 831. The van der Waals surface area contributed by atoms with Gasteiger partial charge in [0.25, 0.3) is 0 Å². The smallest absolute Gasteiger partial charge is 0.129 e. The summed E-state index contributed by atoms with van der Waals surface area (Å²) in [5.41, 5.74) is 2.20. The van der Waals surface area contributed by atoms with Crippen LogP contribution in [0.4, 0.5) is 8.78 Å². The molecule has 3 aliphatic rings. The van der Waals surface area contributed by atoms with Gasteiger partial charge in [-0.1, -0.05) is 38.3 Å². The average Bonchev–Trinajstić information content (AvgIpc) is 3.24. The number of rotatable bonds is 4. The predicted molar refractivity (Wildman–Crippen MR) is 103 cm³/mol. The van der Waals surface area contributed by atoms with Crippen LogP contribution in [0.3, 0.4) is 0 Å². The molecule has 0 spiro atoms. The van der Waals surface area contributed by atoms with Gasteiger partial charge in [-0.2, -0.15) is 0 Å². The molecule has 1 aromatic heterocycles. The van der Waals surface area contributed by atoms with Gasteiger partial charge in [0.2, 0.25) is 0 Å². The van der Waals surface area contributed by atoms with Gasteiger partial charge in [0.05, 0.1) is 24.3 Å². The number of benzene rings is 1. The Morgan fingerprint density at radius 3 is 2.78 bits per heavy atom. The van der Waals surface area contributed by atoms with E-state index in [-0.39, 0.29) is 17.3 Å². The molecule has 2 aromatic rings. The van der Waals surface area contributed by atoms with Gasteiger partial charge < -0.3 is 4.57 Å². The lowest BCUT2D eigenvalue weighted by molar-refractivity contribution is -0.0204. The second kappa shape index (κ2) is 6.42. The van der Waals surface area contributed by atoms with Gasteiger partial charge in [-0.25, -0.2) is 13.8 Å². The van der Waals surface area contributed by atoms with Crippen molar-refractivity contribution in [2.75, 3.05) is 0 Å². The molecule has 2 nitrogen and oxygen atoms in total. The molecular formula is C23H28F2N2. The third-order valence-electron chi connectivity index (χ3n) is 7.74. The van der Waals surface area contributed by atoms with Crippen LogP contribution in [0, 0.1) is 23.1 Å². The number of aromatic nitrogens is 2. The van der Waals surface area contributed by atoms with E-state index in [2.05, 4.69) is 11.9 Å². The fourth-order valence-electron chi connectivity index (χ4n) is 6.45. The van der Waals surface area contributed by atoms with E-state index in [0.717, 1.165) is 30.5 Å². The van der Waals surface area contributed by atoms with Crippen molar-refractivity contribution in [2.24, 2.45) is 17.3 Å². The monoisotopic (exact) mass is 370 g/mol. The third kappa shape index (κ3) is 2.67. The van der Waals surface area contributed by atoms with E-state index in [1.807, 2.05) is 10.6 Å². The fraction of sp³-hybridized carbons (Fsp3) is 0.609. The predicted octanol–water partition coefficient (Wildman–Crippen LogP) is 6.32. The van der Waals surface area contributed by atoms with Crippen LogP contribution >= 0.6 is 0 Å². The maximum Gasteiger partial charge on any atom is 0.129 e. The van der Waals surface area contributed by atoms with E-state index in [1.165, 1.54) is 31.7 Å². The van der Waals surface area contributed by atoms with E-state index >= 15 is 4.39 Å². The first kappa shape index (κ1) is 17.4. The molecule has 4 unspecified atom stereocenters. The minimum absolute atomic E-state index is 0.223. The first-order valence-corrected chi connectivity index (χ1v) is 10.6. The highest BCUT2D eigenvalue weighted by molar-refractivity contribution is 5.69. The van der Waals surface area contributed by atoms with Crippen molar-refractivity contribution in [3.63, 3.8) is 0 Å². The number of alkyl halides is 1. The number of hydrogen-bond donors (Lipinski definition) is 0. The van der Waals surface area contributed by atoms with Gasteiger partial charge in [0, 0.05) is 23.0 Å². The standard InChI is InChI=1S/C23H28F2N2/c1-2-23(11-15-5-3-6-16(9-15)12-23)21(25)10-19-22-17(7-4-8-18(22)24)20-13-26-14-27(19)20/h4,7-8,13-16,19,21H,2-3,5-6,9-12H2,1H3. The first-order chi connectivity index (χ1) is 13.1. The van der Waals surface area contributed by atoms with Crippen LogP contribution in [0.25, 0.3) is 11.3 Å². The van der Waals surface area contributed by atoms with Crippen LogP contribution in [0.15, 0.2) is 30.7 Å². The summed E-state index contributed by atoms with van der Waals surface area (Å²) in [5.74, 6) is 1.15. The quantitative estimate of drug-likeness (QED) is 0.616. The lowest BCUT2D eigenvalue weighted by atomic mass is 9.57. The molecule has 5 rings (SSSR count). The number of halogens is 2. The molecule has 4 heteroatoms. The topological polar surface area (TPSA) is 17.8 Å². The molecule has 2 bridgehead atoms. The highest BCUT2D eigenvalue weighted by Gasteiger charge is 2.47. The largest absolute Gasteiger partial charge is 0.323 e. The minimum atomic E-state index is -0.906. The molecular weight excluding hydrogens is 342 g/mol. The van der Waals surface area contributed by atoms with Crippen LogP contribution in [0.1, 0.15) is 69.9 Å². The third-order valence-corrected chi connectivity index (χ3v) is 7.74. The van der Waals surface area contributed by atoms with Crippen LogP contribution in [0.5, 0.6) is 0 Å². The summed E-state index contributed by atoms with van der Waals surface area (Å²) in [7, 11) is 0. The Morgan fingerprint density at radius 1 is 1.26 bits per heavy atom. The number of imidazole rings is 1. The van der Waals surface area contributed by atoms with E-state index < -0.39 is 6.17 Å². The van der Waals surface area contributed by atoms with E-state index in [4.69, 9.17) is 0 Å². The average molecular weight is 370 g/mol. The first-order valence-electron chi connectivity index (χ1n) is 10.6. The van der Waals surface area contributed by atoms with Crippen LogP contribution in [-0.4, -0.2) is 15.7 Å². The zero-order chi connectivity index (χ0) is 18.6. The second-order valence-electron chi connectivity index (χ2n) is 9.13. The normalized spacial score (nSPS) is 32.8. The van der Waals surface area contributed by atoms with Crippen molar-refractivity contribution in [3.05, 3.63) is 42.1 Å². The summed E-state index contributed by atoms with van der Waals surface area (Å²) in [5, 5.41) is 0. The Labute approximate surface area is 160 Å². The summed E-state index contributed by atoms with van der Waals surface area (Å²) in [6.07, 6.45) is 11.0. The molecule has 0 N–H and O–H groups in total. The summed E-state index contributed by atoms with van der Waals surface area (Å²) >= 11 is 0. The Balaban J connectivity index is 1.47. The lowest BCUT2D eigenvalue weighted by Crippen LogP contribution is -2.42. The Morgan fingerprint density at radius 2 is 2.04 bits per heavy atom. The number of fused-ring (bicyclic) bond motifs is 5. The molecule has 0 saturated heterocycles. The summed E-state index contributed by atoms with van der Waals surface area (Å²) in [6.45, 7) is 2.15. The van der Waals surface area contributed by atoms with Crippen molar-refractivity contribution >= 4 is 0 Å². The van der Waals surface area contributed by atoms with Gasteiger partial charge in [-0.15, -0.1) is 0 Å². The van der Waals surface area contributed by atoms with Gasteiger partial charge in [-0.3, -0.25) is 0 Å². The summed E-state index contributed by atoms with van der Waals surface area (Å²) in [4.78, 5) is 4.24. The highest BCUT2D eigenvalue weighted by atomic mass is 19.1. The van der Waals surface area contributed by atoms with Crippen LogP contribution < -0.4 is 0 Å². The summed E-state index contributed by atoms with van der Waals surface area (Å²) in [6, 6.07) is 4.88. The zero-order valence-corrected chi connectivity index (χ0v) is 16.0. The second-order valence-corrected chi connectivity index (χ2v) is 9.13. The molecule has 1 aliphatic heterocycles. The number of nitrogens with zero attached hydrogens (tertiary/aromatic N) is 2. The zero-order valence-electron chi connectivity index (χ0n) is 16.0. The van der Waals surface area contributed by atoms with Crippen molar-refractivity contribution in [3.8, 4) is 11.3 Å². The molecule has 2 fully saturated rings. The van der Waals surface area contributed by atoms with Gasteiger partial charge in [0.15, 0.2) is 0 Å². The molecule has 2 saturated carbocycles. The maximum atomic E-state index is 16.0. The number of hydrogen-bond acceptors (Lipinski definition) is 1. The minimum Gasteiger partial charge on any atom is -0.323 e. The van der Waals surface area contributed by atoms with Gasteiger partial charge >= 0.3 is 0 Å². The molecule has 2 heterocycles. The highest BCUT2D eigenvalue weighted by Crippen LogP contribution is 2.55. The molecule has 4 atom stereocenters. The van der Waals surface area contributed by atoms with Crippen molar-refractivity contribution in [1.29, 1.82) is 0 Å². The summed E-state index contributed by atoms with van der Waals surface area (Å²) < 4.78 is 32.6. The molecule has 27 heavy (non-hydrogen) atoms. The Kier molecular flexibility index (Phi) is 4.14. The van der Waals surface area contributed by atoms with E-state index in [9.17, 15) is 4.39 Å². The van der Waals surface area contributed by atoms with E-state index in [0.29, 0.717) is 23.8 Å². The van der Waals surface area contributed by atoms with Gasteiger partial charge in [0.1, 0.15) is 12.0 Å². The molecule has 0 amide bonds. The molecule has 1 aromatic carbocycles. The molecule has 0 radical (unpaired) electrons. The lowest BCUT2D eigenvalue weighted by Gasteiger charge is -2.49.